The van der Waals surface area contributed by atoms with Gasteiger partial charge in [-0.2, -0.15) is 0 Å². The van der Waals surface area contributed by atoms with Crippen LogP contribution in [0.2, 0.25) is 0 Å². The first kappa shape index (κ1) is 16.1. The predicted molar refractivity (Wildman–Crippen MR) is 69.2 cm³/mol. The average molecular weight is 240 g/mol. The van der Waals surface area contributed by atoms with Crippen molar-refractivity contribution in [3.63, 3.8) is 0 Å². The minimum atomic E-state index is -0.758. The van der Waals surface area contributed by atoms with E-state index in [9.17, 15) is 9.90 Å². The number of ketones is 1. The van der Waals surface area contributed by atoms with Gasteiger partial charge in [-0.25, -0.2) is 0 Å². The number of hydrogen-bond donors (Lipinski definition) is 1. The summed E-state index contributed by atoms with van der Waals surface area (Å²) in [6.07, 6.45) is 11.3. The first-order valence-electron chi connectivity index (χ1n) is 6.93. The number of Topliss-reactive ketones (excluding diaryl/α,β-unsaturated/α-hetero) is 1. The number of carbonyl (C=O) groups is 1. The zero-order valence-corrected chi connectivity index (χ0v) is 11.1. The lowest BCUT2D eigenvalue weighted by Crippen LogP contribution is -2.19. The zero-order chi connectivity index (χ0) is 12.9. The fraction of sp³-hybridized carbons (Fsp3) is 0.857. The maximum atomic E-state index is 11.1. The van der Waals surface area contributed by atoms with Crippen LogP contribution < -0.4 is 5.11 Å². The highest BCUT2D eigenvalue weighted by molar-refractivity contribution is 5.94. The molecule has 0 amide bonds. The maximum absolute atomic E-state index is 11.1. The van der Waals surface area contributed by atoms with Gasteiger partial charge < -0.3 is 10.5 Å². The Morgan fingerprint density at radius 2 is 1.41 bits per heavy atom. The van der Waals surface area contributed by atoms with Gasteiger partial charge in [0.25, 0.3) is 0 Å². The van der Waals surface area contributed by atoms with Gasteiger partial charge in [0.1, 0.15) is 5.78 Å². The Balaban J connectivity index is 3.13. The van der Waals surface area contributed by atoms with E-state index in [0.717, 1.165) is 12.8 Å². The van der Waals surface area contributed by atoms with Crippen LogP contribution >= 0.6 is 0 Å². The van der Waals surface area contributed by atoms with Crippen LogP contribution in [0.1, 0.15) is 77.6 Å². The Bertz CT molecular complexity index is 214. The van der Waals surface area contributed by atoms with Crippen molar-refractivity contribution < 1.29 is 9.90 Å². The molecule has 0 aromatic rings. The summed E-state index contributed by atoms with van der Waals surface area (Å²) in [4.78, 5) is 11.1. The molecule has 0 rings (SSSR count). The fourth-order valence-corrected chi connectivity index (χ4v) is 1.90. The summed E-state index contributed by atoms with van der Waals surface area (Å²) in [5, 5.41) is 17.0. The molecule has 1 N–H and O–H groups in total. The van der Waals surface area contributed by atoms with Crippen molar-refractivity contribution in [2.45, 2.75) is 77.6 Å². The number of rotatable bonds is 12. The summed E-state index contributed by atoms with van der Waals surface area (Å²) in [7, 11) is 0. The van der Waals surface area contributed by atoms with Crippen LogP contribution in [-0.4, -0.2) is 11.7 Å². The second kappa shape index (κ2) is 11.6. The van der Waals surface area contributed by atoms with E-state index >= 15 is 0 Å². The molecule has 0 bridgehead atoms. The minimum absolute atomic E-state index is 0.0760. The summed E-state index contributed by atoms with van der Waals surface area (Å²) >= 11 is 0. The van der Waals surface area contributed by atoms with Gasteiger partial charge in [-0.15, -0.1) is 0 Å². The molecular formula is C14H26NO2-. The summed E-state index contributed by atoms with van der Waals surface area (Å²) < 4.78 is 0. The third-order valence-corrected chi connectivity index (χ3v) is 2.92. The number of unbranched alkanes of at least 4 members (excludes halogenated alkanes) is 8. The van der Waals surface area contributed by atoms with E-state index in [-0.39, 0.29) is 12.2 Å². The second-order valence-electron chi connectivity index (χ2n) is 4.72. The highest BCUT2D eigenvalue weighted by Gasteiger charge is 2.00. The molecule has 0 unspecified atom stereocenters. The topological polar surface area (TPSA) is 64.0 Å². The average Bonchev–Trinajstić information content (AvgIpc) is 2.26. The molecule has 3 nitrogen and oxygen atoms in total. The van der Waals surface area contributed by atoms with Crippen LogP contribution in [0, 0.1) is 5.41 Å². The molecule has 0 aromatic heterocycles. The predicted octanol–water partition coefficient (Wildman–Crippen LogP) is 3.20. The Morgan fingerprint density at radius 1 is 0.941 bits per heavy atom. The van der Waals surface area contributed by atoms with Crippen molar-refractivity contribution in [2.75, 3.05) is 0 Å². The van der Waals surface area contributed by atoms with Gasteiger partial charge in [-0.05, 0) is 12.3 Å². The van der Waals surface area contributed by atoms with Crippen LogP contribution in [0.3, 0.4) is 0 Å². The van der Waals surface area contributed by atoms with E-state index in [4.69, 9.17) is 5.41 Å². The van der Waals surface area contributed by atoms with Crippen molar-refractivity contribution in [1.29, 1.82) is 5.41 Å². The maximum Gasteiger partial charge on any atom is 0.137 e. The van der Waals surface area contributed by atoms with E-state index in [1.807, 2.05) is 0 Å². The summed E-state index contributed by atoms with van der Waals surface area (Å²) in [6.45, 7) is 2.22. The van der Waals surface area contributed by atoms with Crippen molar-refractivity contribution in [3.8, 4) is 0 Å². The molecule has 0 spiro atoms. The van der Waals surface area contributed by atoms with Crippen molar-refractivity contribution in [2.24, 2.45) is 0 Å². The molecule has 0 aliphatic rings. The molecular weight excluding hydrogens is 214 g/mol. The first-order valence-corrected chi connectivity index (χ1v) is 6.93. The largest absolute Gasteiger partial charge is 0.862 e. The van der Waals surface area contributed by atoms with Crippen LogP contribution in [0.25, 0.3) is 0 Å². The quantitative estimate of drug-likeness (QED) is 0.323. The van der Waals surface area contributed by atoms with Crippen LogP contribution in [0.4, 0.5) is 0 Å². The Morgan fingerprint density at radius 3 is 1.88 bits per heavy atom. The summed E-state index contributed by atoms with van der Waals surface area (Å²) in [5.74, 6) is -0.834. The zero-order valence-electron chi connectivity index (χ0n) is 11.1. The molecule has 17 heavy (non-hydrogen) atoms. The van der Waals surface area contributed by atoms with Gasteiger partial charge in [0.05, 0.1) is 0 Å². The molecule has 0 aromatic carbocycles. The molecule has 0 radical (unpaired) electrons. The van der Waals surface area contributed by atoms with Crippen LogP contribution in [0.5, 0.6) is 0 Å². The second-order valence-corrected chi connectivity index (χ2v) is 4.72. The van der Waals surface area contributed by atoms with E-state index in [1.165, 1.54) is 44.9 Å². The van der Waals surface area contributed by atoms with Crippen molar-refractivity contribution in [3.05, 3.63) is 0 Å². The summed E-state index contributed by atoms with van der Waals surface area (Å²) in [6, 6.07) is 0. The van der Waals surface area contributed by atoms with Gasteiger partial charge in [-0.1, -0.05) is 58.3 Å². The highest BCUT2D eigenvalue weighted by atomic mass is 16.3. The molecule has 0 saturated carbocycles. The van der Waals surface area contributed by atoms with Crippen molar-refractivity contribution in [1.82, 2.24) is 0 Å². The van der Waals surface area contributed by atoms with Gasteiger partial charge in [-0.3, -0.25) is 4.79 Å². The molecule has 0 fully saturated rings. The molecule has 0 aliphatic carbocycles. The van der Waals surface area contributed by atoms with Crippen molar-refractivity contribution >= 4 is 11.7 Å². The molecule has 3 heteroatoms. The first-order chi connectivity index (χ1) is 8.16. The van der Waals surface area contributed by atoms with E-state index in [1.54, 1.807) is 0 Å². The lowest BCUT2D eigenvalue weighted by atomic mass is 10.0. The fourth-order valence-electron chi connectivity index (χ4n) is 1.90. The lowest BCUT2D eigenvalue weighted by molar-refractivity contribution is -0.220. The minimum Gasteiger partial charge on any atom is -0.862 e. The van der Waals surface area contributed by atoms with Crippen LogP contribution in [-0.2, 0) is 4.79 Å². The molecule has 0 saturated heterocycles. The third-order valence-electron chi connectivity index (χ3n) is 2.92. The number of nitrogens with one attached hydrogen (secondary N) is 1. The monoisotopic (exact) mass is 240 g/mol. The van der Waals surface area contributed by atoms with E-state index < -0.39 is 5.90 Å². The molecule has 0 atom stereocenters. The lowest BCUT2D eigenvalue weighted by Gasteiger charge is -2.05. The van der Waals surface area contributed by atoms with Gasteiger partial charge >= 0.3 is 0 Å². The van der Waals surface area contributed by atoms with E-state index in [0.29, 0.717) is 6.42 Å². The number of hydrogen-bond acceptors (Lipinski definition) is 3. The standard InChI is InChI=1S/C14H27NO2/c1-2-3-4-5-6-7-8-9-10-11-13(16)12-14(15)17/h2-12H2,1H3,(H2,15,17)/p-1. The SMILES string of the molecule is CCCCCCCCCCCC(=O)CC(=N)[O-]. The Hall–Kier alpha value is -0.860. The third kappa shape index (κ3) is 13.1. The number of carbonyl (C=O) groups excluding carboxylic acids is 1. The smallest absolute Gasteiger partial charge is 0.137 e. The molecule has 0 aliphatic heterocycles. The van der Waals surface area contributed by atoms with Crippen LogP contribution in [0.15, 0.2) is 0 Å². The van der Waals surface area contributed by atoms with Gasteiger partial charge in [0.2, 0.25) is 0 Å². The Labute approximate surface area is 105 Å². The van der Waals surface area contributed by atoms with Gasteiger partial charge in [0.15, 0.2) is 0 Å². The van der Waals surface area contributed by atoms with E-state index in [2.05, 4.69) is 6.92 Å². The summed E-state index contributed by atoms with van der Waals surface area (Å²) in [5.41, 5.74) is 0. The molecule has 0 heterocycles. The highest BCUT2D eigenvalue weighted by Crippen LogP contribution is 2.10. The normalized spacial score (nSPS) is 10.4. The van der Waals surface area contributed by atoms with Gasteiger partial charge in [0, 0.05) is 12.8 Å². The molecule has 100 valence electrons. The Kier molecular flexibility index (Phi) is 11.0.